The van der Waals surface area contributed by atoms with Crippen LogP contribution in [0.15, 0.2) is 48.0 Å². The SMILES string of the molecule is C[C@@H]1NC(=O)[C@H](C)NC(=O)[C@@H]2CCCN2C(=O)[C@H](C)NC(=O)[C@H](Cc2cnc[nH]2)NC(=O)[C@H](CC(N)=O)NC(=O)[C@H](CCC(=O)O)NC(=O)[C@@H]2CSSC[C@H](NC1=O)C(=O)N[C@@H](CO)C(=O)N[C@@H](Cc1c[nH]c3ccccc13)C(=O)N[C@@H](CCCN=C(N)N)C(=O)NCC(=O)N2. The number of imidazole rings is 1. The van der Waals surface area contributed by atoms with E-state index in [0.717, 1.165) is 21.6 Å². The van der Waals surface area contributed by atoms with Crippen molar-refractivity contribution in [2.45, 2.75) is 151 Å². The van der Waals surface area contributed by atoms with Gasteiger partial charge in [0, 0.05) is 72.8 Å². The topological polar surface area (TPSA) is 579 Å². The fourth-order valence-corrected chi connectivity index (χ4v) is 12.6. The Labute approximate surface area is 556 Å². The van der Waals surface area contributed by atoms with Crippen LogP contribution in [0.5, 0.6) is 0 Å². The van der Waals surface area contributed by atoms with Crippen LogP contribution in [0.3, 0.4) is 0 Å². The number of aliphatic imine (C=N–C) groups is 1. The highest BCUT2D eigenvalue weighted by Gasteiger charge is 2.40. The maximum atomic E-state index is 14.6. The molecule has 2 aromatic heterocycles. The van der Waals surface area contributed by atoms with E-state index in [1.54, 1.807) is 30.5 Å². The summed E-state index contributed by atoms with van der Waals surface area (Å²) in [5.41, 5.74) is 18.0. The van der Waals surface area contributed by atoms with Crippen molar-refractivity contribution in [3.05, 3.63) is 54.2 Å². The monoisotopic (exact) mass is 1380 g/mol. The molecule has 37 nitrogen and oxygen atoms in total. The number of hydrogen-bond acceptors (Lipinski definition) is 20. The van der Waals surface area contributed by atoms with Crippen molar-refractivity contribution in [2.24, 2.45) is 22.2 Å². The molecule has 5 heterocycles. The molecule has 3 aromatic rings. The Morgan fingerprint density at radius 1 is 0.615 bits per heavy atom. The number of aliphatic hydroxyl groups excluding tert-OH is 1. The minimum Gasteiger partial charge on any atom is -0.481 e. The maximum absolute atomic E-state index is 14.6. The highest BCUT2D eigenvalue weighted by Crippen LogP contribution is 2.25. The van der Waals surface area contributed by atoms with Crippen molar-refractivity contribution in [3.63, 3.8) is 0 Å². The van der Waals surface area contributed by atoms with E-state index in [9.17, 15) is 82.1 Å². The molecule has 39 heteroatoms. The number of aliphatic hydroxyl groups is 1. The molecule has 3 aliphatic heterocycles. The number of aliphatic carboxylic acids is 1. The van der Waals surface area contributed by atoms with Crippen LogP contribution in [0, 0.1) is 0 Å². The minimum absolute atomic E-state index is 0.0319. The minimum atomic E-state index is -1.94. The zero-order chi connectivity index (χ0) is 70.3. The van der Waals surface area contributed by atoms with Gasteiger partial charge in [-0.05, 0) is 64.5 Å². The first-order valence-electron chi connectivity index (χ1n) is 30.5. The van der Waals surface area contributed by atoms with Gasteiger partial charge in [0.2, 0.25) is 82.7 Å². The second kappa shape index (κ2) is 36.0. The molecule has 22 N–H and O–H groups in total. The van der Waals surface area contributed by atoms with Crippen LogP contribution in [0.25, 0.3) is 10.9 Å². The largest absolute Gasteiger partial charge is 0.481 e. The summed E-state index contributed by atoms with van der Waals surface area (Å²) in [7, 11) is 1.55. The lowest BCUT2D eigenvalue weighted by atomic mass is 10.0. The molecule has 96 heavy (non-hydrogen) atoms. The third kappa shape index (κ3) is 22.3. The predicted molar refractivity (Wildman–Crippen MR) is 343 cm³/mol. The summed E-state index contributed by atoms with van der Waals surface area (Å²) in [5, 5.41) is 50.5. The number of fused-ring (bicyclic) bond motifs is 7. The molecule has 0 unspecified atom stereocenters. The van der Waals surface area contributed by atoms with Crippen LogP contribution in [-0.2, 0) is 84.8 Å². The number of primary amides is 1. The Kier molecular flexibility index (Phi) is 28.1. The number of nitrogens with one attached hydrogen (secondary N) is 14. The zero-order valence-corrected chi connectivity index (χ0v) is 54.1. The molecular weight excluding hydrogens is 1300 g/mol. The fraction of sp³-hybridized carbons (Fsp3) is 0.526. The van der Waals surface area contributed by atoms with Crippen LogP contribution < -0.4 is 81.0 Å². The molecule has 0 aliphatic carbocycles. The number of para-hydroxylation sites is 1. The van der Waals surface area contributed by atoms with E-state index in [1.165, 1.54) is 38.2 Å². The molecule has 0 saturated carbocycles. The van der Waals surface area contributed by atoms with Gasteiger partial charge in [0.25, 0.3) is 0 Å². The molecule has 2 bridgehead atoms. The summed E-state index contributed by atoms with van der Waals surface area (Å²) >= 11 is 0. The van der Waals surface area contributed by atoms with Crippen molar-refractivity contribution in [1.29, 1.82) is 0 Å². The number of nitrogens with two attached hydrogens (primary N) is 3. The number of benzene rings is 1. The van der Waals surface area contributed by atoms with Gasteiger partial charge < -0.3 is 106 Å². The molecule has 1 aromatic carbocycles. The molecule has 12 atom stereocenters. The number of carboxylic acid groups (broad SMARTS) is 1. The summed E-state index contributed by atoms with van der Waals surface area (Å²) in [6, 6.07) is -12.2. The number of carbonyl (C=O) groups is 15. The molecule has 0 spiro atoms. The second-order valence-electron chi connectivity index (χ2n) is 22.8. The van der Waals surface area contributed by atoms with Gasteiger partial charge >= 0.3 is 5.97 Å². The van der Waals surface area contributed by atoms with Gasteiger partial charge in [0.15, 0.2) is 5.96 Å². The lowest BCUT2D eigenvalue weighted by Gasteiger charge is -2.29. The van der Waals surface area contributed by atoms with E-state index < -0.39 is 205 Å². The first-order valence-corrected chi connectivity index (χ1v) is 33.0. The van der Waals surface area contributed by atoms with E-state index in [0.29, 0.717) is 22.9 Å². The number of nitrogens with zero attached hydrogens (tertiary/aromatic N) is 3. The Bertz CT molecular complexity index is 3400. The Morgan fingerprint density at radius 2 is 1.17 bits per heavy atom. The number of guanidine groups is 1. The van der Waals surface area contributed by atoms with Crippen molar-refractivity contribution >= 4 is 127 Å². The number of amides is 14. The Balaban J connectivity index is 1.40. The summed E-state index contributed by atoms with van der Waals surface area (Å²) in [6.07, 6.45) is 1.40. The number of hydrogen-bond donors (Lipinski definition) is 19. The first kappa shape index (κ1) is 75.0. The smallest absolute Gasteiger partial charge is 0.303 e. The number of aromatic nitrogens is 3. The van der Waals surface area contributed by atoms with E-state index in [2.05, 4.69) is 83.7 Å². The van der Waals surface area contributed by atoms with Crippen LogP contribution in [0.2, 0.25) is 0 Å². The summed E-state index contributed by atoms with van der Waals surface area (Å²) in [6.45, 7) is 1.82. The van der Waals surface area contributed by atoms with Crippen molar-refractivity contribution < 1.29 is 82.1 Å². The molecule has 6 rings (SSSR count). The van der Waals surface area contributed by atoms with Gasteiger partial charge in [0.05, 0.1) is 25.9 Å². The summed E-state index contributed by atoms with van der Waals surface area (Å²) in [5.74, 6) is -17.3. The van der Waals surface area contributed by atoms with Gasteiger partial charge in [-0.1, -0.05) is 39.8 Å². The van der Waals surface area contributed by atoms with Crippen LogP contribution in [0.4, 0.5) is 0 Å². The maximum Gasteiger partial charge on any atom is 0.303 e. The predicted octanol–water partition coefficient (Wildman–Crippen LogP) is -7.63. The second-order valence-corrected chi connectivity index (χ2v) is 25.3. The number of rotatable bonds is 14. The molecule has 3 aliphatic rings. The van der Waals surface area contributed by atoms with Gasteiger partial charge in [-0.2, -0.15) is 0 Å². The third-order valence-electron chi connectivity index (χ3n) is 15.4. The van der Waals surface area contributed by atoms with Gasteiger partial charge in [-0.3, -0.25) is 76.9 Å². The van der Waals surface area contributed by atoms with Crippen molar-refractivity contribution in [1.82, 2.24) is 83.7 Å². The van der Waals surface area contributed by atoms with Gasteiger partial charge in [-0.25, -0.2) is 4.98 Å². The van der Waals surface area contributed by atoms with Crippen molar-refractivity contribution in [2.75, 3.05) is 37.7 Å². The van der Waals surface area contributed by atoms with Crippen molar-refractivity contribution in [3.8, 4) is 0 Å². The van der Waals surface area contributed by atoms with Crippen LogP contribution in [-0.4, -0.2) is 235 Å². The molecule has 3 saturated heterocycles. The fourth-order valence-electron chi connectivity index (χ4n) is 10.2. The van der Waals surface area contributed by atoms with E-state index >= 15 is 0 Å². The highest BCUT2D eigenvalue weighted by molar-refractivity contribution is 8.76. The standard InChI is InChI=1S/C57H80N20O17S2/c1-26-45(83)66-27(2)46(84)76-40-24-96-95-23-39(69-43(80)21-64-47(85)33(10-6-14-62-57(59)60)70-50(88)35(72-52(90)38(22-78)75-54(40)92)16-29-19-63-32-9-5-4-8-31(29)32)53(91)71-34(12-13-44(81)82)48(86)74-37(18-42(58)79)51(89)73-36(17-30-20-61-25-65-30)49(87)68-28(3)56(94)77-15-7-11-41(77)55(93)67-26/h4-5,8-9,19-20,25-28,33-41,63,78H,6-7,10-18,21-24H2,1-3H3,(H2,58,79)(H,61,65)(H,64,85)(H,66,83)(H,67,93)(H,68,87)(H,69,80)(H,70,88)(H,71,91)(H,72,90)(H,73,89)(H,74,86)(H,75,92)(H,76,84)(H,81,82)(H4,59,60,62)/t26-,27-,28-,33-,34-,35-,36-,37-,38-,39-,40-,41-/m0/s1. The lowest BCUT2D eigenvalue weighted by molar-refractivity contribution is -0.142. The first-order chi connectivity index (χ1) is 45.6. The summed E-state index contributed by atoms with van der Waals surface area (Å²) in [4.78, 5) is 224. The average molecular weight is 1380 g/mol. The normalized spacial score (nSPS) is 26.6. The number of H-pyrrole nitrogens is 2. The quantitative estimate of drug-likeness (QED) is 0.0308. The molecule has 522 valence electrons. The van der Waals surface area contributed by atoms with E-state index in [-0.39, 0.29) is 56.8 Å². The third-order valence-corrected chi connectivity index (χ3v) is 17.8. The highest BCUT2D eigenvalue weighted by atomic mass is 33.1. The number of carboxylic acids is 1. The Morgan fingerprint density at radius 3 is 1.81 bits per heavy atom. The molecule has 14 amide bonds. The number of aromatic amines is 2. The van der Waals surface area contributed by atoms with Gasteiger partial charge in [-0.15, -0.1) is 0 Å². The molecule has 0 radical (unpaired) electrons. The van der Waals surface area contributed by atoms with Crippen LogP contribution in [0.1, 0.15) is 77.0 Å². The number of carbonyl (C=O) groups excluding carboxylic acids is 14. The molecular formula is C57H80N20O17S2. The average Bonchev–Trinajstić information content (AvgIpc) is 1.62. The summed E-state index contributed by atoms with van der Waals surface area (Å²) < 4.78 is 0. The van der Waals surface area contributed by atoms with Gasteiger partial charge in [0.1, 0.15) is 72.5 Å². The van der Waals surface area contributed by atoms with Crippen LogP contribution >= 0.6 is 21.6 Å². The van der Waals surface area contributed by atoms with E-state index in [4.69, 9.17) is 17.2 Å². The zero-order valence-electron chi connectivity index (χ0n) is 52.5. The lowest BCUT2D eigenvalue weighted by Crippen LogP contribution is -2.61. The van der Waals surface area contributed by atoms with E-state index in [1.807, 2.05) is 0 Å². The Hall–Kier alpha value is -10.0. The molecule has 3 fully saturated rings.